The van der Waals surface area contributed by atoms with Crippen molar-refractivity contribution in [3.63, 3.8) is 0 Å². The number of aromatic nitrogens is 3. The van der Waals surface area contributed by atoms with Crippen molar-refractivity contribution in [1.82, 2.24) is 15.0 Å². The Morgan fingerprint density at radius 1 is 1.13 bits per heavy atom. The summed E-state index contributed by atoms with van der Waals surface area (Å²) >= 11 is 0. The molecule has 0 saturated heterocycles. The molecule has 0 amide bonds. The van der Waals surface area contributed by atoms with E-state index in [-0.39, 0.29) is 0 Å². The molecule has 30 heavy (non-hydrogen) atoms. The van der Waals surface area contributed by atoms with Crippen LogP contribution in [0.3, 0.4) is 0 Å². The second-order valence-corrected chi connectivity index (χ2v) is 7.22. The van der Waals surface area contributed by atoms with E-state index in [1.54, 1.807) is 0 Å². The van der Waals surface area contributed by atoms with E-state index in [9.17, 15) is 9.90 Å². The van der Waals surface area contributed by atoms with Crippen LogP contribution in [0.15, 0.2) is 59.1 Å². The molecule has 3 aromatic heterocycles. The van der Waals surface area contributed by atoms with E-state index in [1.165, 1.54) is 0 Å². The van der Waals surface area contributed by atoms with E-state index in [2.05, 4.69) is 20.3 Å². The Balaban J connectivity index is 1.57. The lowest BCUT2D eigenvalue weighted by Crippen LogP contribution is -2.32. The maximum absolute atomic E-state index is 12.1. The van der Waals surface area contributed by atoms with Gasteiger partial charge in [0, 0.05) is 35.3 Å². The number of carboxylic acids is 1. The summed E-state index contributed by atoms with van der Waals surface area (Å²) in [6.07, 6.45) is 2.79. The number of carbonyl (C=O) groups is 1. The Labute approximate surface area is 171 Å². The maximum atomic E-state index is 12.1. The third kappa shape index (κ3) is 3.04. The van der Waals surface area contributed by atoms with Gasteiger partial charge in [-0.3, -0.25) is 0 Å². The number of nitrogens with zero attached hydrogens (tertiary/aromatic N) is 2. The first kappa shape index (κ1) is 18.2. The molecule has 0 bridgehead atoms. The van der Waals surface area contributed by atoms with Gasteiger partial charge < -0.3 is 19.8 Å². The lowest BCUT2D eigenvalue weighted by Gasteiger charge is -2.15. The summed E-state index contributed by atoms with van der Waals surface area (Å²) in [7, 11) is 0. The Hall–Kier alpha value is -3.87. The minimum Gasteiger partial charge on any atom is -0.480 e. The quantitative estimate of drug-likeness (QED) is 0.387. The molecule has 3 N–H and O–H groups in total. The van der Waals surface area contributed by atoms with E-state index in [1.807, 2.05) is 61.7 Å². The fourth-order valence-corrected chi connectivity index (χ4v) is 3.78. The van der Waals surface area contributed by atoms with Crippen molar-refractivity contribution in [2.24, 2.45) is 0 Å². The molecule has 0 aliphatic heterocycles. The average molecular weight is 400 g/mol. The lowest BCUT2D eigenvalue weighted by atomic mass is 10.0. The number of hydrogen-bond donors (Lipinski definition) is 3. The smallest absolute Gasteiger partial charge is 0.326 e. The highest BCUT2D eigenvalue weighted by molar-refractivity contribution is 6.05. The third-order valence-corrected chi connectivity index (χ3v) is 5.29. The molecule has 2 aromatic carbocycles. The van der Waals surface area contributed by atoms with Crippen LogP contribution in [0.1, 0.15) is 18.3 Å². The summed E-state index contributed by atoms with van der Waals surface area (Å²) < 4.78 is 5.98. The molecule has 150 valence electrons. The molecular weight excluding hydrogens is 380 g/mol. The molecule has 0 unspecified atom stereocenters. The second-order valence-electron chi connectivity index (χ2n) is 7.22. The molecule has 0 aliphatic carbocycles. The molecule has 0 aliphatic rings. The molecule has 1 atom stereocenters. The molecule has 0 radical (unpaired) electrons. The Bertz CT molecular complexity index is 1390. The van der Waals surface area contributed by atoms with Gasteiger partial charge in [-0.15, -0.1) is 0 Å². The van der Waals surface area contributed by atoms with Gasteiger partial charge in [0.05, 0.1) is 0 Å². The van der Waals surface area contributed by atoms with E-state index < -0.39 is 12.0 Å². The molecule has 7 nitrogen and oxygen atoms in total. The van der Waals surface area contributed by atoms with Gasteiger partial charge >= 0.3 is 5.97 Å². The molecule has 0 fully saturated rings. The molecular formula is C23H20N4O3. The first-order chi connectivity index (χ1) is 14.6. The van der Waals surface area contributed by atoms with Crippen molar-refractivity contribution in [3.05, 3.63) is 66.1 Å². The zero-order valence-electron chi connectivity index (χ0n) is 16.3. The number of anilines is 1. The van der Waals surface area contributed by atoms with Crippen molar-refractivity contribution in [3.8, 4) is 0 Å². The summed E-state index contributed by atoms with van der Waals surface area (Å²) in [6, 6.07) is 14.6. The van der Waals surface area contributed by atoms with E-state index in [4.69, 9.17) is 4.42 Å². The zero-order valence-corrected chi connectivity index (χ0v) is 16.3. The number of hydrogen-bond acceptors (Lipinski definition) is 5. The molecule has 5 rings (SSSR count). The number of aryl methyl sites for hydroxylation is 1. The molecule has 7 heteroatoms. The van der Waals surface area contributed by atoms with Crippen LogP contribution in [-0.4, -0.2) is 32.1 Å². The molecule has 3 heterocycles. The van der Waals surface area contributed by atoms with Crippen molar-refractivity contribution in [2.75, 3.05) is 5.32 Å². The van der Waals surface area contributed by atoms with Gasteiger partial charge in [0.2, 0.25) is 0 Å². The third-order valence-electron chi connectivity index (χ3n) is 5.29. The minimum atomic E-state index is -0.957. The first-order valence-corrected chi connectivity index (χ1v) is 9.86. The van der Waals surface area contributed by atoms with Crippen molar-refractivity contribution < 1.29 is 14.3 Å². The van der Waals surface area contributed by atoms with Crippen LogP contribution in [0.4, 0.5) is 5.82 Å². The van der Waals surface area contributed by atoms with E-state index >= 15 is 0 Å². The summed E-state index contributed by atoms with van der Waals surface area (Å²) in [6.45, 7) is 1.97. The Morgan fingerprint density at radius 2 is 1.90 bits per heavy atom. The standard InChI is InChI=1S/C23H20N4O3/c1-2-19-26-20-15-8-4-6-10-18(15)30-21(20)22(27-19)25-17(23(28)29)11-13-12-24-16-9-5-3-7-14(13)16/h3-10,12,17,24H,2,11H2,1H3,(H,28,29)(H,25,26,27)/t17-/m1/s1. The monoisotopic (exact) mass is 400 g/mol. The predicted molar refractivity (Wildman–Crippen MR) is 116 cm³/mol. The van der Waals surface area contributed by atoms with Crippen LogP contribution in [0.25, 0.3) is 33.0 Å². The first-order valence-electron chi connectivity index (χ1n) is 9.86. The van der Waals surface area contributed by atoms with Crippen molar-refractivity contribution >= 4 is 44.8 Å². The molecule has 0 saturated carbocycles. The van der Waals surface area contributed by atoms with Gasteiger partial charge in [0.1, 0.15) is 23.0 Å². The number of benzene rings is 2. The number of rotatable bonds is 6. The number of H-pyrrole nitrogens is 1. The topological polar surface area (TPSA) is 104 Å². The molecule has 0 spiro atoms. The number of fused-ring (bicyclic) bond motifs is 4. The van der Waals surface area contributed by atoms with Crippen LogP contribution >= 0.6 is 0 Å². The van der Waals surface area contributed by atoms with Crippen LogP contribution < -0.4 is 5.32 Å². The van der Waals surface area contributed by atoms with Gasteiger partial charge in [-0.25, -0.2) is 14.8 Å². The predicted octanol–water partition coefficient (Wildman–Crippen LogP) is 4.53. The number of aromatic amines is 1. The SMILES string of the molecule is CCc1nc(N[C@H](Cc2c[nH]c3ccccc23)C(=O)O)c2oc3ccccc3c2n1. The van der Waals surface area contributed by atoms with Crippen LogP contribution in [0.5, 0.6) is 0 Å². The molecule has 5 aromatic rings. The largest absolute Gasteiger partial charge is 0.480 e. The number of carboxylic acid groups (broad SMARTS) is 1. The van der Waals surface area contributed by atoms with Gasteiger partial charge in [-0.05, 0) is 23.8 Å². The highest BCUT2D eigenvalue weighted by atomic mass is 16.4. The van der Waals surface area contributed by atoms with Gasteiger partial charge in [-0.2, -0.15) is 0 Å². The fourth-order valence-electron chi connectivity index (χ4n) is 3.78. The summed E-state index contributed by atoms with van der Waals surface area (Å²) in [5.41, 5.74) is 3.76. The van der Waals surface area contributed by atoms with Crippen molar-refractivity contribution in [1.29, 1.82) is 0 Å². The highest BCUT2D eigenvalue weighted by Crippen LogP contribution is 2.32. The number of nitrogens with one attached hydrogen (secondary N) is 2. The number of para-hydroxylation sites is 2. The van der Waals surface area contributed by atoms with E-state index in [0.29, 0.717) is 41.2 Å². The lowest BCUT2D eigenvalue weighted by molar-refractivity contribution is -0.137. The zero-order chi connectivity index (χ0) is 20.7. The average Bonchev–Trinajstić information content (AvgIpc) is 3.34. The Morgan fingerprint density at radius 3 is 2.70 bits per heavy atom. The minimum absolute atomic E-state index is 0.298. The van der Waals surface area contributed by atoms with Crippen molar-refractivity contribution in [2.45, 2.75) is 25.8 Å². The van der Waals surface area contributed by atoms with Gasteiger partial charge in [-0.1, -0.05) is 37.3 Å². The van der Waals surface area contributed by atoms with Gasteiger partial charge in [0.25, 0.3) is 0 Å². The second kappa shape index (κ2) is 7.18. The Kier molecular flexibility index (Phi) is 4.35. The summed E-state index contributed by atoms with van der Waals surface area (Å²) in [5, 5.41) is 14.9. The van der Waals surface area contributed by atoms with E-state index in [0.717, 1.165) is 21.9 Å². The normalized spacial score (nSPS) is 12.6. The summed E-state index contributed by atoms with van der Waals surface area (Å²) in [5.74, 6) is 0.0780. The number of aliphatic carboxylic acids is 1. The van der Waals surface area contributed by atoms with Gasteiger partial charge in [0.15, 0.2) is 11.4 Å². The number of furan rings is 1. The highest BCUT2D eigenvalue weighted by Gasteiger charge is 2.23. The fraction of sp³-hybridized carbons (Fsp3) is 0.174. The van der Waals surface area contributed by atoms with Crippen LogP contribution in [0.2, 0.25) is 0 Å². The van der Waals surface area contributed by atoms with Crippen LogP contribution in [0, 0.1) is 0 Å². The maximum Gasteiger partial charge on any atom is 0.326 e. The van der Waals surface area contributed by atoms with Crippen LogP contribution in [-0.2, 0) is 17.6 Å². The summed E-state index contributed by atoms with van der Waals surface area (Å²) in [4.78, 5) is 24.4.